The molecule has 0 amide bonds. The van der Waals surface area contributed by atoms with E-state index in [4.69, 9.17) is 17.9 Å². The van der Waals surface area contributed by atoms with E-state index in [1.807, 2.05) is 18.2 Å². The molecule has 0 fully saturated rings. The molecular weight excluding hydrogens is 590 g/mol. The van der Waals surface area contributed by atoms with Crippen molar-refractivity contribution >= 4 is 54.8 Å². The summed E-state index contributed by atoms with van der Waals surface area (Å²) in [5.74, 6) is 0.933. The number of hydrogen-bond acceptors (Lipinski definition) is 4. The zero-order valence-electron chi connectivity index (χ0n) is 30.2. The van der Waals surface area contributed by atoms with Crippen LogP contribution in [-0.2, 0) is 0 Å². The number of imidazole rings is 1. The minimum Gasteiger partial charge on any atom is -0.455 e. The summed E-state index contributed by atoms with van der Waals surface area (Å²) in [7, 11) is 0. The predicted octanol–water partition coefficient (Wildman–Crippen LogP) is 12.1. The second kappa shape index (κ2) is 10.7. The van der Waals surface area contributed by atoms with Crippen LogP contribution in [0.25, 0.3) is 83.0 Å². The number of para-hydroxylation sites is 1. The normalized spacial score (nSPS) is 13.4. The number of benzene rings is 6. The Balaban J connectivity index is 1.39. The van der Waals surface area contributed by atoms with Crippen LogP contribution in [0.5, 0.6) is 0 Å². The standard InChI is InChI=1S/C43H35N3O2/c1-24(2)33-20-29(27-12-7-6-8-13-27)21-34(25(3)4)40(33)46-41-30-15-10-9-14-28(30)18-19-36(41)45-43(46)32-17-11-16-31-35-22-37-39(47-26(5)44-37)23-38(35)48-42(31)32/h6-25H,1-5H3/i5D3. The van der Waals surface area contributed by atoms with E-state index >= 15 is 0 Å². The average molecular weight is 629 g/mol. The third-order valence-electron chi connectivity index (χ3n) is 9.53. The van der Waals surface area contributed by atoms with Gasteiger partial charge >= 0.3 is 0 Å². The first-order chi connectivity index (χ1) is 24.6. The monoisotopic (exact) mass is 628 g/mol. The molecule has 0 radical (unpaired) electrons. The molecule has 48 heavy (non-hydrogen) atoms. The quantitative estimate of drug-likeness (QED) is 0.190. The number of oxazole rings is 1. The van der Waals surface area contributed by atoms with Gasteiger partial charge < -0.3 is 8.83 Å². The molecule has 0 saturated carbocycles. The maximum atomic E-state index is 7.77. The van der Waals surface area contributed by atoms with Crippen molar-refractivity contribution in [1.29, 1.82) is 0 Å². The Morgan fingerprint density at radius 2 is 1.38 bits per heavy atom. The Morgan fingerprint density at radius 1 is 0.625 bits per heavy atom. The van der Waals surface area contributed by atoms with Crippen LogP contribution in [0.4, 0.5) is 0 Å². The van der Waals surface area contributed by atoms with E-state index in [0.717, 1.165) is 49.7 Å². The molecule has 0 aliphatic carbocycles. The molecule has 0 saturated heterocycles. The highest BCUT2D eigenvalue weighted by Crippen LogP contribution is 2.44. The van der Waals surface area contributed by atoms with Crippen molar-refractivity contribution in [2.24, 2.45) is 0 Å². The predicted molar refractivity (Wildman–Crippen MR) is 197 cm³/mol. The summed E-state index contributed by atoms with van der Waals surface area (Å²) in [5.41, 5.74) is 10.9. The molecule has 0 unspecified atom stereocenters. The van der Waals surface area contributed by atoms with E-state index in [1.54, 1.807) is 6.07 Å². The third-order valence-corrected chi connectivity index (χ3v) is 9.53. The van der Waals surface area contributed by atoms with Gasteiger partial charge in [-0.1, -0.05) is 100 Å². The highest BCUT2D eigenvalue weighted by atomic mass is 16.4. The number of aryl methyl sites for hydroxylation is 1. The van der Waals surface area contributed by atoms with Crippen molar-refractivity contribution < 1.29 is 12.9 Å². The molecule has 9 aromatic rings. The number of nitrogens with zero attached hydrogens (tertiary/aromatic N) is 3. The average Bonchev–Trinajstić information content (AvgIpc) is 3.83. The summed E-state index contributed by atoms with van der Waals surface area (Å²) in [6, 6.07) is 37.7. The number of fused-ring (bicyclic) bond motifs is 7. The summed E-state index contributed by atoms with van der Waals surface area (Å²) in [6.07, 6.45) is 0. The maximum Gasteiger partial charge on any atom is 0.192 e. The van der Waals surface area contributed by atoms with Gasteiger partial charge in [0.25, 0.3) is 0 Å². The van der Waals surface area contributed by atoms with Crippen LogP contribution in [0, 0.1) is 6.85 Å². The van der Waals surface area contributed by atoms with Gasteiger partial charge in [-0.25, -0.2) is 9.97 Å². The second-order valence-corrected chi connectivity index (χ2v) is 13.2. The highest BCUT2D eigenvalue weighted by molar-refractivity contribution is 6.13. The molecular formula is C43H35N3O2. The van der Waals surface area contributed by atoms with E-state index in [1.165, 1.54) is 22.3 Å². The van der Waals surface area contributed by atoms with E-state index < -0.39 is 6.85 Å². The van der Waals surface area contributed by atoms with E-state index in [-0.39, 0.29) is 17.7 Å². The van der Waals surface area contributed by atoms with Crippen LogP contribution in [-0.4, -0.2) is 14.5 Å². The summed E-state index contributed by atoms with van der Waals surface area (Å²) < 4.78 is 38.0. The van der Waals surface area contributed by atoms with Crippen molar-refractivity contribution in [2.45, 2.75) is 46.4 Å². The number of aromatic nitrogens is 3. The molecule has 5 heteroatoms. The summed E-state index contributed by atoms with van der Waals surface area (Å²) in [6.45, 7) is 6.60. The Morgan fingerprint density at radius 3 is 2.15 bits per heavy atom. The van der Waals surface area contributed by atoms with Crippen molar-refractivity contribution in [2.75, 3.05) is 0 Å². The molecule has 6 aromatic carbocycles. The molecule has 0 bridgehead atoms. The topological polar surface area (TPSA) is 57.0 Å². The van der Waals surface area contributed by atoms with Gasteiger partial charge in [0, 0.05) is 33.2 Å². The van der Waals surface area contributed by atoms with Crippen LogP contribution in [0.2, 0.25) is 0 Å². The van der Waals surface area contributed by atoms with Gasteiger partial charge in [0.2, 0.25) is 0 Å². The first-order valence-corrected chi connectivity index (χ1v) is 16.5. The van der Waals surface area contributed by atoms with Gasteiger partial charge in [-0.2, -0.15) is 0 Å². The molecule has 0 aliphatic rings. The fraction of sp³-hybridized carbons (Fsp3) is 0.163. The SMILES string of the molecule is [2H]C([2H])([2H])c1nc2cc3c(cc2o1)oc1c(-c2nc4ccc5ccccc5c4n2-c2c(C(C)C)cc(-c4ccccc4)cc2C(C)C)cccc13. The van der Waals surface area contributed by atoms with Crippen LogP contribution >= 0.6 is 0 Å². The van der Waals surface area contributed by atoms with Gasteiger partial charge in [0.05, 0.1) is 22.3 Å². The minimum absolute atomic E-state index is 0.214. The smallest absolute Gasteiger partial charge is 0.192 e. The van der Waals surface area contributed by atoms with Crippen molar-refractivity contribution in [1.82, 2.24) is 14.5 Å². The first kappa shape index (κ1) is 25.4. The van der Waals surface area contributed by atoms with Crippen molar-refractivity contribution in [3.8, 4) is 28.2 Å². The summed E-state index contributed by atoms with van der Waals surface area (Å²) in [5, 5.41) is 3.98. The lowest BCUT2D eigenvalue weighted by Crippen LogP contribution is -2.09. The first-order valence-electron chi connectivity index (χ1n) is 18.0. The fourth-order valence-electron chi connectivity index (χ4n) is 7.25. The van der Waals surface area contributed by atoms with Gasteiger partial charge in [0.1, 0.15) is 22.5 Å². The van der Waals surface area contributed by atoms with E-state index in [0.29, 0.717) is 22.3 Å². The Kier molecular flexibility index (Phi) is 5.65. The number of furan rings is 1. The van der Waals surface area contributed by atoms with Crippen molar-refractivity contribution in [3.05, 3.63) is 126 Å². The van der Waals surface area contributed by atoms with Crippen LogP contribution in [0.3, 0.4) is 0 Å². The highest BCUT2D eigenvalue weighted by Gasteiger charge is 2.26. The van der Waals surface area contributed by atoms with Crippen LogP contribution in [0.15, 0.2) is 118 Å². The fourth-order valence-corrected chi connectivity index (χ4v) is 7.25. The third kappa shape index (κ3) is 4.31. The van der Waals surface area contributed by atoms with Gasteiger partial charge in [-0.3, -0.25) is 4.57 Å². The maximum absolute atomic E-state index is 7.77. The molecule has 0 spiro atoms. The van der Waals surface area contributed by atoms with Crippen molar-refractivity contribution in [3.63, 3.8) is 0 Å². The number of rotatable bonds is 5. The Labute approximate surface area is 282 Å². The molecule has 0 N–H and O–H groups in total. The zero-order chi connectivity index (χ0) is 35.2. The van der Waals surface area contributed by atoms with Crippen LogP contribution in [0.1, 0.15) is 60.7 Å². The number of hydrogen-bond donors (Lipinski definition) is 0. The molecule has 3 aromatic heterocycles. The minimum atomic E-state index is -2.44. The molecule has 3 heterocycles. The molecule has 9 rings (SSSR count). The molecule has 0 aliphatic heterocycles. The summed E-state index contributed by atoms with van der Waals surface area (Å²) >= 11 is 0. The Bertz CT molecular complexity index is 2780. The zero-order valence-corrected chi connectivity index (χ0v) is 27.2. The lowest BCUT2D eigenvalue weighted by molar-refractivity contribution is 0.560. The lowest BCUT2D eigenvalue weighted by Gasteiger charge is -2.24. The largest absolute Gasteiger partial charge is 0.455 e. The molecule has 0 atom stereocenters. The lowest BCUT2D eigenvalue weighted by atomic mass is 9.88. The molecule has 234 valence electrons. The molecule has 5 nitrogen and oxygen atoms in total. The van der Waals surface area contributed by atoms with E-state index in [9.17, 15) is 0 Å². The van der Waals surface area contributed by atoms with Crippen LogP contribution < -0.4 is 0 Å². The van der Waals surface area contributed by atoms with Gasteiger partial charge in [0.15, 0.2) is 11.5 Å². The second-order valence-electron chi connectivity index (χ2n) is 13.2. The Hall–Kier alpha value is -5.68. The summed E-state index contributed by atoms with van der Waals surface area (Å²) in [4.78, 5) is 9.71. The van der Waals surface area contributed by atoms with E-state index in [2.05, 4.69) is 122 Å². The van der Waals surface area contributed by atoms with Gasteiger partial charge in [-0.15, -0.1) is 0 Å². The van der Waals surface area contributed by atoms with Gasteiger partial charge in [-0.05, 0) is 69.8 Å².